The maximum atomic E-state index is 12.3. The van der Waals surface area contributed by atoms with Gasteiger partial charge in [0.25, 0.3) is 0 Å². The summed E-state index contributed by atoms with van der Waals surface area (Å²) < 4.78 is 30.3. The molecular formula is C16H19N3O4S. The fraction of sp³-hybridized carbons (Fsp3) is 0.375. The van der Waals surface area contributed by atoms with Crippen molar-refractivity contribution in [2.45, 2.75) is 25.4 Å². The summed E-state index contributed by atoms with van der Waals surface area (Å²) in [6, 6.07) is 8.88. The van der Waals surface area contributed by atoms with Crippen LogP contribution in [0.25, 0.3) is 11.3 Å². The number of nitrogens with one attached hydrogen (secondary N) is 1. The van der Waals surface area contributed by atoms with E-state index in [9.17, 15) is 13.2 Å². The molecule has 0 aliphatic carbocycles. The second-order valence-electron chi connectivity index (χ2n) is 5.73. The van der Waals surface area contributed by atoms with Gasteiger partial charge in [0.05, 0.1) is 19.0 Å². The van der Waals surface area contributed by atoms with E-state index in [0.29, 0.717) is 31.0 Å². The number of nitrogens with zero attached hydrogens (tertiary/aromatic N) is 2. The van der Waals surface area contributed by atoms with Crippen LogP contribution < -0.4 is 5.32 Å². The van der Waals surface area contributed by atoms with Crippen LogP contribution in [0.4, 0.5) is 0 Å². The van der Waals surface area contributed by atoms with Gasteiger partial charge in [-0.2, -0.15) is 4.31 Å². The third-order valence-electron chi connectivity index (χ3n) is 3.96. The number of carbonyl (C=O) groups is 1. The minimum atomic E-state index is -3.38. The molecule has 1 fully saturated rings. The molecule has 1 amide bonds. The Morgan fingerprint density at radius 2 is 2.12 bits per heavy atom. The summed E-state index contributed by atoms with van der Waals surface area (Å²) in [6.45, 7) is 0.508. The lowest BCUT2D eigenvalue weighted by Crippen LogP contribution is -2.45. The van der Waals surface area contributed by atoms with Crippen molar-refractivity contribution in [3.8, 4) is 11.3 Å². The van der Waals surface area contributed by atoms with Crippen LogP contribution in [0.3, 0.4) is 0 Å². The average Bonchev–Trinajstić information content (AvgIpc) is 3.22. The number of aromatic nitrogens is 1. The number of oxazole rings is 1. The Kier molecular flexibility index (Phi) is 4.68. The van der Waals surface area contributed by atoms with Crippen LogP contribution in [-0.2, 0) is 21.4 Å². The first-order valence-corrected chi connectivity index (χ1v) is 9.54. The van der Waals surface area contributed by atoms with Crippen molar-refractivity contribution in [2.75, 3.05) is 12.8 Å². The number of amides is 1. The third-order valence-corrected chi connectivity index (χ3v) is 5.25. The van der Waals surface area contributed by atoms with Crippen LogP contribution in [0.5, 0.6) is 0 Å². The number of sulfonamides is 1. The minimum Gasteiger partial charge on any atom is -0.439 e. The normalized spacial score (nSPS) is 18.6. The van der Waals surface area contributed by atoms with Gasteiger partial charge in [0.15, 0.2) is 5.76 Å². The van der Waals surface area contributed by atoms with Gasteiger partial charge in [-0.3, -0.25) is 4.79 Å². The fourth-order valence-corrected chi connectivity index (χ4v) is 3.93. The summed E-state index contributed by atoms with van der Waals surface area (Å²) in [6.07, 6.45) is 3.94. The van der Waals surface area contributed by atoms with E-state index in [1.54, 1.807) is 6.20 Å². The molecule has 1 aliphatic rings. The number of rotatable bonds is 5. The molecule has 1 saturated heterocycles. The molecule has 7 nitrogen and oxygen atoms in total. The summed E-state index contributed by atoms with van der Waals surface area (Å²) in [7, 11) is -3.38. The summed E-state index contributed by atoms with van der Waals surface area (Å²) in [5.41, 5.74) is 0.904. The molecule has 3 rings (SSSR count). The van der Waals surface area contributed by atoms with E-state index in [-0.39, 0.29) is 12.5 Å². The molecule has 1 aromatic carbocycles. The first kappa shape index (κ1) is 16.7. The third kappa shape index (κ3) is 3.65. The Hall–Kier alpha value is -2.19. The number of hydrogen-bond donors (Lipinski definition) is 1. The molecule has 8 heteroatoms. The van der Waals surface area contributed by atoms with Crippen LogP contribution in [0.2, 0.25) is 0 Å². The van der Waals surface area contributed by atoms with E-state index in [4.69, 9.17) is 4.42 Å². The summed E-state index contributed by atoms with van der Waals surface area (Å²) in [5, 5.41) is 2.71. The molecular weight excluding hydrogens is 330 g/mol. The first-order valence-electron chi connectivity index (χ1n) is 7.70. The molecule has 1 N–H and O–H groups in total. The van der Waals surface area contributed by atoms with E-state index in [1.807, 2.05) is 30.3 Å². The fourth-order valence-electron chi connectivity index (χ4n) is 2.81. The smallest absolute Gasteiger partial charge is 0.238 e. The molecule has 2 aromatic rings. The summed E-state index contributed by atoms with van der Waals surface area (Å²) in [5.74, 6) is 0.682. The average molecular weight is 349 g/mol. The number of hydrogen-bond acceptors (Lipinski definition) is 5. The minimum absolute atomic E-state index is 0.125. The molecule has 24 heavy (non-hydrogen) atoms. The van der Waals surface area contributed by atoms with Gasteiger partial charge in [-0.15, -0.1) is 0 Å². The SMILES string of the molecule is CS(=O)(=O)N1CCC[C@H]1C(=O)NCc1ncc(-c2ccccc2)o1. The van der Waals surface area contributed by atoms with Crippen molar-refractivity contribution in [1.82, 2.24) is 14.6 Å². The highest BCUT2D eigenvalue weighted by Gasteiger charge is 2.36. The van der Waals surface area contributed by atoms with E-state index >= 15 is 0 Å². The van der Waals surface area contributed by atoms with Crippen molar-refractivity contribution in [2.24, 2.45) is 0 Å². The van der Waals surface area contributed by atoms with Crippen molar-refractivity contribution in [3.63, 3.8) is 0 Å². The second-order valence-corrected chi connectivity index (χ2v) is 7.67. The van der Waals surface area contributed by atoms with Crippen LogP contribution >= 0.6 is 0 Å². The zero-order chi connectivity index (χ0) is 17.2. The zero-order valence-corrected chi connectivity index (χ0v) is 14.1. The highest BCUT2D eigenvalue weighted by molar-refractivity contribution is 7.88. The molecule has 1 atom stereocenters. The molecule has 2 heterocycles. The van der Waals surface area contributed by atoms with Crippen LogP contribution in [0.1, 0.15) is 18.7 Å². The zero-order valence-electron chi connectivity index (χ0n) is 13.3. The van der Waals surface area contributed by atoms with Gasteiger partial charge in [0.2, 0.25) is 21.8 Å². The maximum absolute atomic E-state index is 12.3. The number of benzene rings is 1. The Labute approximate surface area is 140 Å². The van der Waals surface area contributed by atoms with Crippen molar-refractivity contribution >= 4 is 15.9 Å². The predicted octanol–water partition coefficient (Wildman–Crippen LogP) is 1.38. The highest BCUT2D eigenvalue weighted by atomic mass is 32.2. The lowest BCUT2D eigenvalue weighted by Gasteiger charge is -2.20. The van der Waals surface area contributed by atoms with E-state index in [2.05, 4.69) is 10.3 Å². The van der Waals surface area contributed by atoms with Crippen molar-refractivity contribution in [1.29, 1.82) is 0 Å². The van der Waals surface area contributed by atoms with Crippen LogP contribution in [0, 0.1) is 0 Å². The van der Waals surface area contributed by atoms with Crippen LogP contribution in [-0.4, -0.2) is 42.5 Å². The Balaban J connectivity index is 1.62. The van der Waals surface area contributed by atoms with Gasteiger partial charge in [0, 0.05) is 12.1 Å². The topological polar surface area (TPSA) is 92.5 Å². The van der Waals surface area contributed by atoms with Gasteiger partial charge < -0.3 is 9.73 Å². The monoisotopic (exact) mass is 349 g/mol. The van der Waals surface area contributed by atoms with Gasteiger partial charge >= 0.3 is 0 Å². The maximum Gasteiger partial charge on any atom is 0.238 e. The van der Waals surface area contributed by atoms with Gasteiger partial charge in [-0.1, -0.05) is 30.3 Å². The molecule has 0 unspecified atom stereocenters. The molecule has 0 bridgehead atoms. The Morgan fingerprint density at radius 3 is 2.83 bits per heavy atom. The second kappa shape index (κ2) is 6.74. The quantitative estimate of drug-likeness (QED) is 0.880. The van der Waals surface area contributed by atoms with Crippen molar-refractivity contribution < 1.29 is 17.6 Å². The van der Waals surface area contributed by atoms with Crippen LogP contribution in [0.15, 0.2) is 40.9 Å². The van der Waals surface area contributed by atoms with Gasteiger partial charge in [0.1, 0.15) is 6.04 Å². The summed E-state index contributed by atoms with van der Waals surface area (Å²) in [4.78, 5) is 16.4. The molecule has 0 saturated carbocycles. The Morgan fingerprint density at radius 1 is 1.38 bits per heavy atom. The summed E-state index contributed by atoms with van der Waals surface area (Å²) >= 11 is 0. The van der Waals surface area contributed by atoms with Gasteiger partial charge in [-0.05, 0) is 12.8 Å². The molecule has 0 radical (unpaired) electrons. The first-order chi connectivity index (χ1) is 11.4. The molecule has 128 valence electrons. The predicted molar refractivity (Wildman–Crippen MR) is 88.4 cm³/mol. The largest absolute Gasteiger partial charge is 0.439 e. The van der Waals surface area contributed by atoms with E-state index in [1.165, 1.54) is 4.31 Å². The van der Waals surface area contributed by atoms with Gasteiger partial charge in [-0.25, -0.2) is 13.4 Å². The number of carbonyl (C=O) groups excluding carboxylic acids is 1. The molecule has 1 aromatic heterocycles. The lowest BCUT2D eigenvalue weighted by molar-refractivity contribution is -0.124. The highest BCUT2D eigenvalue weighted by Crippen LogP contribution is 2.21. The van der Waals surface area contributed by atoms with E-state index < -0.39 is 16.1 Å². The standard InChI is InChI=1S/C16H19N3O4S/c1-24(21,22)19-9-5-8-13(19)16(20)18-11-15-17-10-14(23-15)12-6-3-2-4-7-12/h2-4,6-7,10,13H,5,8-9,11H2,1H3,(H,18,20)/t13-/m0/s1. The molecule has 1 aliphatic heterocycles. The Bertz CT molecular complexity index is 817. The van der Waals surface area contributed by atoms with E-state index in [0.717, 1.165) is 11.8 Å². The van der Waals surface area contributed by atoms with Crippen molar-refractivity contribution in [3.05, 3.63) is 42.4 Å². The molecule has 0 spiro atoms. The lowest BCUT2D eigenvalue weighted by atomic mass is 10.2.